The molecule has 1 aromatic carbocycles. The van der Waals surface area contributed by atoms with Crippen LogP contribution >= 0.6 is 0 Å². The van der Waals surface area contributed by atoms with E-state index in [9.17, 15) is 4.79 Å². The number of amidine groups is 1. The average molecular weight is 503 g/mol. The number of nitrogens with zero attached hydrogens (tertiary/aromatic N) is 3. The number of nitrogens with one attached hydrogen (secondary N) is 3. The number of pyridine rings is 2. The summed E-state index contributed by atoms with van der Waals surface area (Å²) in [6, 6.07) is 17.9. The number of carbonyl (C=O) groups is 1. The first-order chi connectivity index (χ1) is 18.6. The maximum atomic E-state index is 12.8. The van der Waals surface area contributed by atoms with E-state index in [4.69, 9.17) is 10.8 Å². The summed E-state index contributed by atoms with van der Waals surface area (Å²) in [6.07, 6.45) is 14.4. The van der Waals surface area contributed by atoms with Crippen molar-refractivity contribution in [3.63, 3.8) is 0 Å². The molecule has 7 nitrogen and oxygen atoms in total. The van der Waals surface area contributed by atoms with Crippen LogP contribution in [0.15, 0.2) is 104 Å². The van der Waals surface area contributed by atoms with Crippen molar-refractivity contribution < 1.29 is 4.79 Å². The van der Waals surface area contributed by atoms with Crippen LogP contribution < -0.4 is 5.32 Å². The molecule has 2 unspecified atom stereocenters. The smallest absolute Gasteiger partial charge is 0.273 e. The van der Waals surface area contributed by atoms with Gasteiger partial charge in [0.25, 0.3) is 5.91 Å². The van der Waals surface area contributed by atoms with Crippen molar-refractivity contribution in [3.05, 3.63) is 121 Å². The van der Waals surface area contributed by atoms with Gasteiger partial charge in [0.15, 0.2) is 0 Å². The summed E-state index contributed by atoms with van der Waals surface area (Å²) in [4.78, 5) is 23.3. The molecule has 3 aromatic rings. The molecule has 5 rings (SSSR count). The molecule has 38 heavy (non-hydrogen) atoms. The van der Waals surface area contributed by atoms with E-state index in [1.165, 1.54) is 30.9 Å². The van der Waals surface area contributed by atoms with Crippen molar-refractivity contribution >= 4 is 18.1 Å². The van der Waals surface area contributed by atoms with Crippen LogP contribution in [0.25, 0.3) is 11.1 Å². The lowest BCUT2D eigenvalue weighted by Gasteiger charge is -2.21. The molecule has 1 amide bonds. The predicted octanol–water partition coefficient (Wildman–Crippen LogP) is 5.82. The van der Waals surface area contributed by atoms with Gasteiger partial charge in [0.1, 0.15) is 11.5 Å². The number of hydrogen-bond acceptors (Lipinski definition) is 5. The van der Waals surface area contributed by atoms with E-state index in [1.807, 2.05) is 36.5 Å². The van der Waals surface area contributed by atoms with E-state index in [-0.39, 0.29) is 29.4 Å². The monoisotopic (exact) mass is 502 g/mol. The number of carbonyl (C=O) groups excluding carboxylic acids is 1. The third-order valence-electron chi connectivity index (χ3n) is 6.90. The van der Waals surface area contributed by atoms with Gasteiger partial charge in [-0.25, -0.2) is 0 Å². The van der Waals surface area contributed by atoms with E-state index < -0.39 is 0 Å². The largest absolute Gasteiger partial charge is 0.327 e. The Hall–Kier alpha value is -4.65. The van der Waals surface area contributed by atoms with Crippen LogP contribution in [-0.4, -0.2) is 39.0 Å². The minimum Gasteiger partial charge on any atom is -0.327 e. The zero-order valence-electron chi connectivity index (χ0n) is 21.0. The van der Waals surface area contributed by atoms with Crippen LogP contribution in [0.5, 0.6) is 0 Å². The SMILES string of the molecule is C=C/C=C(\C=C\NC(=O)c1cc(-c2ccc(C3CC3)nc2)ccn1)C(=N)N(C=N)C1CC1c1ccccc1. The van der Waals surface area contributed by atoms with Gasteiger partial charge in [-0.3, -0.25) is 25.6 Å². The molecule has 7 heteroatoms. The summed E-state index contributed by atoms with van der Waals surface area (Å²) >= 11 is 0. The number of allylic oxidation sites excluding steroid dienone is 2. The Bertz CT molecular complexity index is 1410. The van der Waals surface area contributed by atoms with Crippen molar-refractivity contribution in [2.24, 2.45) is 0 Å². The maximum Gasteiger partial charge on any atom is 0.273 e. The zero-order chi connectivity index (χ0) is 26.5. The van der Waals surface area contributed by atoms with Crippen LogP contribution in [0.1, 0.15) is 52.8 Å². The highest BCUT2D eigenvalue weighted by molar-refractivity contribution is 6.04. The van der Waals surface area contributed by atoms with Gasteiger partial charge in [0, 0.05) is 53.3 Å². The molecule has 2 heterocycles. The average Bonchev–Trinajstić information content (AvgIpc) is 3.89. The van der Waals surface area contributed by atoms with Crippen molar-refractivity contribution in [2.75, 3.05) is 0 Å². The van der Waals surface area contributed by atoms with E-state index in [2.05, 4.69) is 40.1 Å². The van der Waals surface area contributed by atoms with Crippen molar-refractivity contribution in [1.29, 1.82) is 10.8 Å². The van der Waals surface area contributed by atoms with Crippen molar-refractivity contribution in [2.45, 2.75) is 37.1 Å². The van der Waals surface area contributed by atoms with Crippen molar-refractivity contribution in [3.8, 4) is 11.1 Å². The van der Waals surface area contributed by atoms with E-state index in [0.717, 1.165) is 23.2 Å². The lowest BCUT2D eigenvalue weighted by Crippen LogP contribution is -2.32. The van der Waals surface area contributed by atoms with Crippen LogP contribution in [-0.2, 0) is 0 Å². The lowest BCUT2D eigenvalue weighted by atomic mass is 10.1. The zero-order valence-corrected chi connectivity index (χ0v) is 21.0. The van der Waals surface area contributed by atoms with Crippen LogP contribution in [0.3, 0.4) is 0 Å². The van der Waals surface area contributed by atoms with Crippen LogP contribution in [0.2, 0.25) is 0 Å². The number of hydrogen-bond donors (Lipinski definition) is 3. The number of benzene rings is 1. The summed E-state index contributed by atoms with van der Waals surface area (Å²) in [7, 11) is 0. The summed E-state index contributed by atoms with van der Waals surface area (Å²) in [6.45, 7) is 3.75. The molecule has 2 aromatic heterocycles. The summed E-state index contributed by atoms with van der Waals surface area (Å²) in [5, 5.41) is 19.4. The third-order valence-corrected chi connectivity index (χ3v) is 6.90. The van der Waals surface area contributed by atoms with Crippen LogP contribution in [0, 0.1) is 10.8 Å². The fourth-order valence-corrected chi connectivity index (χ4v) is 4.58. The molecule has 0 aliphatic heterocycles. The molecular formula is C31H30N6O. The molecule has 2 fully saturated rings. The van der Waals surface area contributed by atoms with Gasteiger partial charge in [0.05, 0.1) is 6.34 Å². The van der Waals surface area contributed by atoms with Gasteiger partial charge in [-0.1, -0.05) is 55.1 Å². The maximum absolute atomic E-state index is 12.8. The summed E-state index contributed by atoms with van der Waals surface area (Å²) in [5.74, 6) is 0.698. The predicted molar refractivity (Wildman–Crippen MR) is 150 cm³/mol. The van der Waals surface area contributed by atoms with E-state index in [0.29, 0.717) is 11.5 Å². The van der Waals surface area contributed by atoms with Gasteiger partial charge in [-0.15, -0.1) is 0 Å². The molecule has 3 N–H and O–H groups in total. The van der Waals surface area contributed by atoms with Gasteiger partial charge in [-0.2, -0.15) is 0 Å². The van der Waals surface area contributed by atoms with E-state index in [1.54, 1.807) is 35.4 Å². The minimum absolute atomic E-state index is 0.0541. The van der Waals surface area contributed by atoms with Crippen molar-refractivity contribution in [1.82, 2.24) is 20.2 Å². The third kappa shape index (κ3) is 5.67. The second-order valence-corrected chi connectivity index (χ2v) is 9.55. The quantitative estimate of drug-likeness (QED) is 0.185. The Labute approximate surface area is 222 Å². The normalized spacial score (nSPS) is 18.6. The molecule has 2 aliphatic carbocycles. The molecule has 2 aliphatic rings. The van der Waals surface area contributed by atoms with Gasteiger partial charge >= 0.3 is 0 Å². The Morgan fingerprint density at radius 1 is 1.08 bits per heavy atom. The first-order valence-corrected chi connectivity index (χ1v) is 12.7. The van der Waals surface area contributed by atoms with Gasteiger partial charge < -0.3 is 10.2 Å². The highest BCUT2D eigenvalue weighted by Gasteiger charge is 2.43. The molecule has 0 radical (unpaired) electrons. The molecule has 2 atom stereocenters. The number of aromatic nitrogens is 2. The van der Waals surface area contributed by atoms with Gasteiger partial charge in [0.2, 0.25) is 0 Å². The Kier molecular flexibility index (Phi) is 7.35. The van der Waals surface area contributed by atoms with Gasteiger partial charge in [-0.05, 0) is 54.7 Å². The first kappa shape index (κ1) is 25.0. The molecule has 190 valence electrons. The first-order valence-electron chi connectivity index (χ1n) is 12.7. The standard InChI is InChI=1S/C31H30N6O/c1-2-6-23(30(33)37(20-32)29-18-26(29)21-7-4-3-5-8-21)13-16-35-31(38)28-17-24(14-15-34-28)25-11-12-27(36-19-25)22-9-10-22/h2-8,11-17,19-20,22,26,29,32-33H,1,9-10,18H2,(H,35,38)/b16-13+,23-6+,32-20?,33-30?. The fourth-order valence-electron chi connectivity index (χ4n) is 4.58. The second kappa shape index (κ2) is 11.2. The van der Waals surface area contributed by atoms with E-state index >= 15 is 0 Å². The Balaban J connectivity index is 1.23. The fraction of sp³-hybridized carbons (Fsp3) is 0.194. The minimum atomic E-state index is -0.356. The molecule has 0 saturated heterocycles. The Morgan fingerprint density at radius 3 is 2.58 bits per heavy atom. The lowest BCUT2D eigenvalue weighted by molar-refractivity contribution is 0.0965. The molecule has 0 spiro atoms. The highest BCUT2D eigenvalue weighted by atomic mass is 16.1. The molecular weight excluding hydrogens is 472 g/mol. The van der Waals surface area contributed by atoms with Crippen LogP contribution in [0.4, 0.5) is 0 Å². The number of rotatable bonds is 10. The second-order valence-electron chi connectivity index (χ2n) is 9.55. The summed E-state index contributed by atoms with van der Waals surface area (Å²) in [5.41, 5.74) is 4.96. The number of amides is 1. The molecule has 0 bridgehead atoms. The Morgan fingerprint density at radius 2 is 1.89 bits per heavy atom. The topological polar surface area (TPSA) is 106 Å². The summed E-state index contributed by atoms with van der Waals surface area (Å²) < 4.78 is 0. The highest BCUT2D eigenvalue weighted by Crippen LogP contribution is 2.44. The molecule has 2 saturated carbocycles.